The zero-order valence-corrected chi connectivity index (χ0v) is 15.9. The summed E-state index contributed by atoms with van der Waals surface area (Å²) in [4.78, 5) is 17.3. The molecule has 1 amide bonds. The highest BCUT2D eigenvalue weighted by atomic mass is 79.9. The van der Waals surface area contributed by atoms with Gasteiger partial charge in [0.25, 0.3) is 0 Å². The van der Waals surface area contributed by atoms with Crippen molar-refractivity contribution < 1.29 is 14.3 Å². The monoisotopic (exact) mass is 410 g/mol. The molecule has 0 saturated carbocycles. The number of anilines is 1. The molecule has 7 heteroatoms. The van der Waals surface area contributed by atoms with Crippen LogP contribution in [0.4, 0.5) is 5.69 Å². The number of rotatable bonds is 8. The van der Waals surface area contributed by atoms with Crippen LogP contribution < -0.4 is 10.1 Å². The van der Waals surface area contributed by atoms with Crippen molar-refractivity contribution in [3.8, 4) is 5.88 Å². The van der Waals surface area contributed by atoms with E-state index < -0.39 is 0 Å². The zero-order chi connectivity index (χ0) is 17.4. The Morgan fingerprint density at radius 2 is 2.12 bits per heavy atom. The summed E-state index contributed by atoms with van der Waals surface area (Å²) in [6, 6.07) is 9.50. The second-order valence-corrected chi connectivity index (χ2v) is 6.91. The minimum atomic E-state index is -0.0721. The van der Waals surface area contributed by atoms with Gasteiger partial charge in [-0.2, -0.15) is 0 Å². The topological polar surface area (TPSA) is 60.5 Å². The smallest absolute Gasteiger partial charge is 0.234 e. The number of benzene rings is 1. The van der Waals surface area contributed by atoms with E-state index in [0.29, 0.717) is 30.5 Å². The molecule has 0 aliphatic carbocycles. The first kappa shape index (κ1) is 18.8. The summed E-state index contributed by atoms with van der Waals surface area (Å²) in [6.45, 7) is 2.97. The Balaban J connectivity index is 1.81. The largest absolute Gasteiger partial charge is 0.475 e. The van der Waals surface area contributed by atoms with Gasteiger partial charge in [0, 0.05) is 22.5 Å². The molecule has 1 heterocycles. The number of hydrogen-bond donors (Lipinski definition) is 1. The molecule has 0 aliphatic heterocycles. The number of aromatic nitrogens is 1. The van der Waals surface area contributed by atoms with Crippen molar-refractivity contribution in [3.05, 3.63) is 46.6 Å². The van der Waals surface area contributed by atoms with E-state index >= 15 is 0 Å². The van der Waals surface area contributed by atoms with Crippen LogP contribution in [-0.4, -0.2) is 37.0 Å². The third-order valence-corrected chi connectivity index (χ3v) is 4.72. The lowest BCUT2D eigenvalue weighted by Gasteiger charge is -2.08. The number of carbonyl (C=O) groups excluding carboxylic acids is 1. The van der Waals surface area contributed by atoms with Crippen LogP contribution in [0.15, 0.2) is 45.9 Å². The summed E-state index contributed by atoms with van der Waals surface area (Å²) in [5.74, 6) is 0.774. The van der Waals surface area contributed by atoms with Gasteiger partial charge in [0.2, 0.25) is 11.8 Å². The third kappa shape index (κ3) is 6.14. The number of carbonyl (C=O) groups is 1. The third-order valence-electron chi connectivity index (χ3n) is 3.05. The van der Waals surface area contributed by atoms with Crippen molar-refractivity contribution in [2.75, 3.05) is 31.4 Å². The Labute approximate surface area is 154 Å². The first-order valence-corrected chi connectivity index (χ1v) is 9.13. The van der Waals surface area contributed by atoms with E-state index in [2.05, 4.69) is 26.2 Å². The molecule has 0 aliphatic rings. The first-order chi connectivity index (χ1) is 11.6. The predicted molar refractivity (Wildman–Crippen MR) is 99.8 cm³/mol. The van der Waals surface area contributed by atoms with Gasteiger partial charge >= 0.3 is 0 Å². The van der Waals surface area contributed by atoms with E-state index in [-0.39, 0.29) is 5.91 Å². The summed E-state index contributed by atoms with van der Waals surface area (Å²) in [6.07, 6.45) is 1.58. The minimum absolute atomic E-state index is 0.0721. The fraction of sp³-hybridized carbons (Fsp3) is 0.294. The van der Waals surface area contributed by atoms with Crippen LogP contribution in [0.1, 0.15) is 5.56 Å². The molecule has 2 aromatic rings. The second kappa shape index (κ2) is 9.66. The SMILES string of the molecule is COCCOc1ccc(NC(=O)CSc2ccc(Br)cc2C)cn1. The fourth-order valence-electron chi connectivity index (χ4n) is 1.88. The van der Waals surface area contributed by atoms with Crippen LogP contribution >= 0.6 is 27.7 Å². The maximum absolute atomic E-state index is 12.0. The molecule has 2 rings (SSSR count). The first-order valence-electron chi connectivity index (χ1n) is 7.35. The number of aryl methyl sites for hydroxylation is 1. The number of amides is 1. The summed E-state index contributed by atoms with van der Waals surface area (Å²) < 4.78 is 11.3. The number of pyridine rings is 1. The van der Waals surface area contributed by atoms with Gasteiger partial charge in [0.15, 0.2) is 0 Å². The molecule has 24 heavy (non-hydrogen) atoms. The van der Waals surface area contributed by atoms with E-state index in [1.54, 1.807) is 25.4 Å². The standard InChI is InChI=1S/C17H19BrN2O3S/c1-12-9-13(18)3-5-15(12)24-11-16(21)20-14-4-6-17(19-10-14)23-8-7-22-2/h3-6,9-10H,7-8,11H2,1-2H3,(H,20,21). The number of halogens is 1. The lowest BCUT2D eigenvalue weighted by Crippen LogP contribution is -2.14. The van der Waals surface area contributed by atoms with Gasteiger partial charge in [0.05, 0.1) is 24.2 Å². The highest BCUT2D eigenvalue weighted by molar-refractivity contribution is 9.10. The Morgan fingerprint density at radius 3 is 2.79 bits per heavy atom. The number of nitrogens with zero attached hydrogens (tertiary/aromatic N) is 1. The van der Waals surface area contributed by atoms with E-state index in [1.165, 1.54) is 11.8 Å². The molecule has 0 radical (unpaired) electrons. The Kier molecular flexibility index (Phi) is 7.55. The summed E-state index contributed by atoms with van der Waals surface area (Å²) in [5, 5.41) is 2.83. The number of hydrogen-bond acceptors (Lipinski definition) is 5. The van der Waals surface area contributed by atoms with Crippen LogP contribution in [0.2, 0.25) is 0 Å². The zero-order valence-electron chi connectivity index (χ0n) is 13.5. The molecule has 1 aromatic carbocycles. The van der Waals surface area contributed by atoms with Crippen LogP contribution in [0, 0.1) is 6.92 Å². The summed E-state index contributed by atoms with van der Waals surface area (Å²) >= 11 is 4.94. The number of ether oxygens (including phenoxy) is 2. The average Bonchev–Trinajstić information content (AvgIpc) is 2.56. The summed E-state index contributed by atoms with van der Waals surface area (Å²) in [7, 11) is 1.61. The molecule has 1 N–H and O–H groups in total. The lowest BCUT2D eigenvalue weighted by molar-refractivity contribution is -0.113. The molecule has 128 valence electrons. The van der Waals surface area contributed by atoms with Crippen molar-refractivity contribution in [1.82, 2.24) is 4.98 Å². The Morgan fingerprint density at radius 1 is 1.29 bits per heavy atom. The van der Waals surface area contributed by atoms with Gasteiger partial charge in [-0.15, -0.1) is 11.8 Å². The fourth-order valence-corrected chi connectivity index (χ4v) is 3.17. The predicted octanol–water partition coefficient (Wildman–Crippen LogP) is 3.91. The molecule has 0 unspecified atom stereocenters. The number of nitrogens with one attached hydrogen (secondary N) is 1. The van der Waals surface area contributed by atoms with Gasteiger partial charge in [0.1, 0.15) is 6.61 Å². The molecule has 5 nitrogen and oxygen atoms in total. The number of thioether (sulfide) groups is 1. The van der Waals surface area contributed by atoms with Crippen molar-refractivity contribution in [1.29, 1.82) is 0 Å². The molecule has 0 saturated heterocycles. The molecular weight excluding hydrogens is 392 g/mol. The highest BCUT2D eigenvalue weighted by Crippen LogP contribution is 2.25. The molecule has 0 bridgehead atoms. The van der Waals surface area contributed by atoms with E-state index in [0.717, 1.165) is 14.9 Å². The van der Waals surface area contributed by atoms with Gasteiger partial charge in [-0.1, -0.05) is 15.9 Å². The van der Waals surface area contributed by atoms with Gasteiger partial charge in [-0.3, -0.25) is 4.79 Å². The van der Waals surface area contributed by atoms with Crippen molar-refractivity contribution in [3.63, 3.8) is 0 Å². The van der Waals surface area contributed by atoms with Crippen LogP contribution in [0.5, 0.6) is 5.88 Å². The number of methoxy groups -OCH3 is 1. The van der Waals surface area contributed by atoms with Crippen LogP contribution in [0.25, 0.3) is 0 Å². The van der Waals surface area contributed by atoms with Gasteiger partial charge < -0.3 is 14.8 Å². The molecule has 0 spiro atoms. The quantitative estimate of drug-likeness (QED) is 0.527. The normalized spacial score (nSPS) is 10.5. The van der Waals surface area contributed by atoms with Crippen molar-refractivity contribution >= 4 is 39.3 Å². The van der Waals surface area contributed by atoms with Crippen LogP contribution in [-0.2, 0) is 9.53 Å². The maximum Gasteiger partial charge on any atom is 0.234 e. The van der Waals surface area contributed by atoms with Gasteiger partial charge in [-0.05, 0) is 36.8 Å². The molecule has 0 fully saturated rings. The van der Waals surface area contributed by atoms with E-state index in [4.69, 9.17) is 9.47 Å². The molecule has 0 atom stereocenters. The Hall–Kier alpha value is -1.57. The molecular formula is C17H19BrN2O3S. The van der Waals surface area contributed by atoms with Gasteiger partial charge in [-0.25, -0.2) is 4.98 Å². The highest BCUT2D eigenvalue weighted by Gasteiger charge is 2.06. The minimum Gasteiger partial charge on any atom is -0.475 e. The maximum atomic E-state index is 12.0. The van der Waals surface area contributed by atoms with E-state index in [9.17, 15) is 4.79 Å². The van der Waals surface area contributed by atoms with Crippen LogP contribution in [0.3, 0.4) is 0 Å². The van der Waals surface area contributed by atoms with Crippen molar-refractivity contribution in [2.45, 2.75) is 11.8 Å². The van der Waals surface area contributed by atoms with E-state index in [1.807, 2.05) is 25.1 Å². The lowest BCUT2D eigenvalue weighted by atomic mass is 10.2. The molecule has 1 aromatic heterocycles. The average molecular weight is 411 g/mol. The van der Waals surface area contributed by atoms with Crippen molar-refractivity contribution in [2.24, 2.45) is 0 Å². The Bertz CT molecular complexity index is 680. The second-order valence-electron chi connectivity index (χ2n) is 4.97. The summed E-state index contributed by atoms with van der Waals surface area (Å²) in [5.41, 5.74) is 1.79.